The molecule has 2 aliphatic carbocycles. The van der Waals surface area contributed by atoms with Crippen molar-refractivity contribution in [2.75, 3.05) is 14.7 Å². The lowest BCUT2D eigenvalue weighted by molar-refractivity contribution is 0.565. The van der Waals surface area contributed by atoms with Gasteiger partial charge in [-0.3, -0.25) is 0 Å². The van der Waals surface area contributed by atoms with Crippen molar-refractivity contribution in [3.05, 3.63) is 258 Å². The van der Waals surface area contributed by atoms with Crippen molar-refractivity contribution in [3.8, 4) is 11.1 Å². The molecule has 0 saturated heterocycles. The second-order valence-electron chi connectivity index (χ2n) is 20.4. The van der Waals surface area contributed by atoms with E-state index < -0.39 is 0 Å². The minimum atomic E-state index is -0.255. The Morgan fingerprint density at radius 3 is 1.71 bits per heavy atom. The van der Waals surface area contributed by atoms with Crippen LogP contribution in [0.25, 0.3) is 58.2 Å². The van der Waals surface area contributed by atoms with Crippen LogP contribution in [0.3, 0.4) is 0 Å². The lowest BCUT2D eigenvalue weighted by Gasteiger charge is -2.42. The summed E-state index contributed by atoms with van der Waals surface area (Å²) in [6, 6.07) is 85.1. The fourth-order valence-corrected chi connectivity index (χ4v) is 14.5. The van der Waals surface area contributed by atoms with Crippen LogP contribution < -0.4 is 14.7 Å². The lowest BCUT2D eigenvalue weighted by atomic mass is 9.82. The molecule has 350 valence electrons. The van der Waals surface area contributed by atoms with Gasteiger partial charge in [0.15, 0.2) is 0 Å². The minimum Gasteiger partial charge on any atom is -0.332 e. The number of benzene rings is 10. The normalized spacial score (nSPS) is 15.4. The molecular formula is C68H51N3S2. The van der Waals surface area contributed by atoms with Crippen LogP contribution >= 0.6 is 22.7 Å². The molecule has 0 saturated carbocycles. The predicted octanol–water partition coefficient (Wildman–Crippen LogP) is 19.8. The second kappa shape index (κ2) is 17.0. The molecule has 5 heteroatoms. The van der Waals surface area contributed by atoms with Gasteiger partial charge in [0, 0.05) is 92.2 Å². The van der Waals surface area contributed by atoms with E-state index in [0.717, 1.165) is 34.9 Å². The highest BCUT2D eigenvalue weighted by Crippen LogP contribution is 2.52. The minimum absolute atomic E-state index is 0.116. The van der Waals surface area contributed by atoms with Gasteiger partial charge in [0.2, 0.25) is 0 Å². The first-order chi connectivity index (χ1) is 35.8. The third-order valence-corrected chi connectivity index (χ3v) is 17.8. The van der Waals surface area contributed by atoms with Crippen LogP contribution in [0.5, 0.6) is 0 Å². The molecule has 12 aromatic rings. The van der Waals surface area contributed by atoms with Crippen molar-refractivity contribution in [3.63, 3.8) is 0 Å². The standard InChI is InChI=1S/C68H51N3S2/c1-67(2)60-28-16-15-27-54(60)55-34-30-51(42-61(55)67)70(62-29-17-19-45-18-13-14-26-53(45)62)52-31-35-56-58-40-49(32-36-63(58)72-65(56)43-52)69(46-20-7-4-8-21-46)50-33-37-64-59(41-50)57-38-39-68(3,44-66(57)73-64)71(47-22-9-5-10-23-47)48-24-11-6-12-25-48/h4-43H,44H2,1-3H3. The van der Waals surface area contributed by atoms with Crippen LogP contribution in [0.15, 0.2) is 237 Å². The van der Waals surface area contributed by atoms with Gasteiger partial charge in [-0.2, -0.15) is 0 Å². The van der Waals surface area contributed by atoms with E-state index in [2.05, 4.69) is 278 Å². The number of para-hydroxylation sites is 3. The van der Waals surface area contributed by atoms with Crippen LogP contribution in [-0.2, 0) is 11.8 Å². The highest BCUT2D eigenvalue weighted by atomic mass is 32.1. The molecule has 2 heterocycles. The fraction of sp³-hybridized carbons (Fsp3) is 0.0882. The summed E-state index contributed by atoms with van der Waals surface area (Å²) in [7, 11) is 0. The Morgan fingerprint density at radius 2 is 0.959 bits per heavy atom. The van der Waals surface area contributed by atoms with E-state index in [9.17, 15) is 0 Å². The van der Waals surface area contributed by atoms with E-state index in [4.69, 9.17) is 0 Å². The third-order valence-electron chi connectivity index (χ3n) is 15.5. The number of rotatable bonds is 9. The molecule has 0 fully saturated rings. The van der Waals surface area contributed by atoms with Crippen LogP contribution in [0.1, 0.15) is 42.3 Å². The summed E-state index contributed by atoms with van der Waals surface area (Å²) >= 11 is 3.80. The van der Waals surface area contributed by atoms with E-state index >= 15 is 0 Å². The second-order valence-corrected chi connectivity index (χ2v) is 22.6. The average molecular weight is 974 g/mol. The number of anilines is 8. The van der Waals surface area contributed by atoms with Crippen LogP contribution in [0, 0.1) is 0 Å². The van der Waals surface area contributed by atoms with E-state index in [1.165, 1.54) is 90.8 Å². The van der Waals surface area contributed by atoms with E-state index in [0.29, 0.717) is 0 Å². The molecule has 73 heavy (non-hydrogen) atoms. The average Bonchev–Trinajstić information content (AvgIpc) is 4.06. The zero-order valence-electron chi connectivity index (χ0n) is 41.0. The maximum Gasteiger partial charge on any atom is 0.0657 e. The largest absolute Gasteiger partial charge is 0.332 e. The Labute approximate surface area is 434 Å². The summed E-state index contributed by atoms with van der Waals surface area (Å²) in [6.07, 6.45) is 5.72. The molecule has 10 aromatic carbocycles. The molecule has 0 bridgehead atoms. The Morgan fingerprint density at radius 1 is 0.384 bits per heavy atom. The van der Waals surface area contributed by atoms with Gasteiger partial charge >= 0.3 is 0 Å². The summed E-state index contributed by atoms with van der Waals surface area (Å²) in [5, 5.41) is 6.27. The summed E-state index contributed by atoms with van der Waals surface area (Å²) in [4.78, 5) is 8.82. The predicted molar refractivity (Wildman–Crippen MR) is 315 cm³/mol. The van der Waals surface area contributed by atoms with Gasteiger partial charge in [0.05, 0.1) is 11.2 Å². The van der Waals surface area contributed by atoms with Gasteiger partial charge in [-0.05, 0) is 143 Å². The molecule has 0 amide bonds. The summed E-state index contributed by atoms with van der Waals surface area (Å²) in [5.74, 6) is 0. The molecule has 2 aliphatic rings. The maximum atomic E-state index is 2.50. The molecule has 3 nitrogen and oxygen atoms in total. The summed E-state index contributed by atoms with van der Waals surface area (Å²) < 4.78 is 3.84. The lowest BCUT2D eigenvalue weighted by Crippen LogP contribution is -2.44. The number of nitrogens with zero attached hydrogens (tertiary/aromatic N) is 3. The quantitative estimate of drug-likeness (QED) is 0.143. The van der Waals surface area contributed by atoms with Gasteiger partial charge in [0.25, 0.3) is 0 Å². The molecule has 0 spiro atoms. The van der Waals surface area contributed by atoms with E-state index in [1.54, 1.807) is 0 Å². The number of hydrogen-bond donors (Lipinski definition) is 0. The maximum absolute atomic E-state index is 2.50. The van der Waals surface area contributed by atoms with Gasteiger partial charge in [-0.15, -0.1) is 22.7 Å². The summed E-state index contributed by atoms with van der Waals surface area (Å²) in [5.41, 5.74) is 15.6. The van der Waals surface area contributed by atoms with E-state index in [-0.39, 0.29) is 11.0 Å². The van der Waals surface area contributed by atoms with Gasteiger partial charge in [-0.1, -0.05) is 153 Å². The topological polar surface area (TPSA) is 9.72 Å². The van der Waals surface area contributed by atoms with Crippen molar-refractivity contribution in [1.82, 2.24) is 0 Å². The first-order valence-corrected chi connectivity index (χ1v) is 26.9. The van der Waals surface area contributed by atoms with E-state index in [1.807, 2.05) is 22.7 Å². The zero-order chi connectivity index (χ0) is 48.8. The Bertz CT molecular complexity index is 4090. The Balaban J connectivity index is 0.858. The number of thiophene rings is 2. The van der Waals surface area contributed by atoms with Gasteiger partial charge < -0.3 is 14.7 Å². The van der Waals surface area contributed by atoms with Crippen molar-refractivity contribution >= 4 is 115 Å². The third kappa shape index (κ3) is 7.13. The van der Waals surface area contributed by atoms with Crippen LogP contribution in [-0.4, -0.2) is 5.54 Å². The molecule has 0 N–H and O–H groups in total. The highest BCUT2D eigenvalue weighted by Gasteiger charge is 2.37. The monoisotopic (exact) mass is 973 g/mol. The van der Waals surface area contributed by atoms with Gasteiger partial charge in [0.1, 0.15) is 0 Å². The molecular weight excluding hydrogens is 923 g/mol. The summed E-state index contributed by atoms with van der Waals surface area (Å²) in [6.45, 7) is 7.11. The van der Waals surface area contributed by atoms with Gasteiger partial charge in [-0.25, -0.2) is 0 Å². The van der Waals surface area contributed by atoms with Crippen molar-refractivity contribution in [2.45, 2.75) is 38.1 Å². The SMILES string of the molecule is CC1(C)c2ccccc2-c2ccc(N(c3ccc4c(c3)sc3ccc(N(c5ccccc5)c5ccc6sc7c(c6c5)C=CC(C)(N(c5ccccc5)c5ccccc5)C7)cc34)c3cccc4ccccc34)cc21. The molecule has 1 unspecified atom stereocenters. The Kier molecular flexibility index (Phi) is 10.1. The van der Waals surface area contributed by atoms with Crippen LogP contribution in [0.4, 0.5) is 45.5 Å². The smallest absolute Gasteiger partial charge is 0.0657 e. The molecule has 1 atom stereocenters. The fourth-order valence-electron chi connectivity index (χ4n) is 12.0. The van der Waals surface area contributed by atoms with Crippen LogP contribution in [0.2, 0.25) is 0 Å². The first kappa shape index (κ1) is 43.6. The molecule has 0 aliphatic heterocycles. The Hall–Kier alpha value is -8.22. The first-order valence-electron chi connectivity index (χ1n) is 25.3. The number of fused-ring (bicyclic) bond motifs is 10. The van der Waals surface area contributed by atoms with Crippen molar-refractivity contribution in [2.24, 2.45) is 0 Å². The molecule has 0 radical (unpaired) electrons. The zero-order valence-corrected chi connectivity index (χ0v) is 42.6. The number of hydrogen-bond acceptors (Lipinski definition) is 5. The molecule has 14 rings (SSSR count). The molecule has 2 aromatic heterocycles. The van der Waals surface area contributed by atoms with Crippen molar-refractivity contribution < 1.29 is 0 Å². The van der Waals surface area contributed by atoms with Crippen molar-refractivity contribution in [1.29, 1.82) is 0 Å². The highest BCUT2D eigenvalue weighted by molar-refractivity contribution is 7.25.